The summed E-state index contributed by atoms with van der Waals surface area (Å²) in [5.41, 5.74) is -2.71. The normalized spacial score (nSPS) is 32.3. The van der Waals surface area contributed by atoms with E-state index in [-0.39, 0.29) is 5.91 Å². The Bertz CT molecular complexity index is 413. The van der Waals surface area contributed by atoms with Crippen molar-refractivity contribution in [2.75, 3.05) is 26.3 Å². The highest BCUT2D eigenvalue weighted by Gasteiger charge is 2.53. The Morgan fingerprint density at radius 1 is 1.36 bits per heavy atom. The van der Waals surface area contributed by atoms with Crippen molar-refractivity contribution >= 4 is 5.91 Å². The van der Waals surface area contributed by atoms with Crippen LogP contribution in [-0.2, 0) is 14.3 Å². The molecule has 6 nitrogen and oxygen atoms in total. The number of likely N-dealkylation sites (tertiary alicyclic amines) is 1. The first-order valence-corrected chi connectivity index (χ1v) is 8.12. The molecule has 2 atom stereocenters. The van der Waals surface area contributed by atoms with E-state index in [1.165, 1.54) is 0 Å². The van der Waals surface area contributed by atoms with E-state index < -0.39 is 22.9 Å². The fourth-order valence-electron chi connectivity index (χ4n) is 3.55. The number of aliphatic hydroxyl groups excluding tert-OH is 1. The molecule has 2 heterocycles. The van der Waals surface area contributed by atoms with E-state index in [1.807, 2.05) is 6.92 Å². The third kappa shape index (κ3) is 3.15. The summed E-state index contributed by atoms with van der Waals surface area (Å²) in [6.07, 6.45) is 0.554. The van der Waals surface area contributed by atoms with Crippen LogP contribution in [0.4, 0.5) is 0 Å². The Morgan fingerprint density at radius 2 is 1.95 bits per heavy atom. The molecule has 0 bridgehead atoms. The van der Waals surface area contributed by atoms with Crippen LogP contribution in [0.3, 0.4) is 0 Å². The molecule has 128 valence electrons. The molecule has 2 N–H and O–H groups in total. The molecule has 2 rings (SSSR count). The number of nitrogens with zero attached hydrogens (tertiary/aromatic N) is 1. The van der Waals surface area contributed by atoms with Gasteiger partial charge in [-0.05, 0) is 40.5 Å². The number of amides is 1. The predicted molar refractivity (Wildman–Crippen MR) is 81.4 cm³/mol. The van der Waals surface area contributed by atoms with Gasteiger partial charge in [0.15, 0.2) is 0 Å². The second-order valence-electron chi connectivity index (χ2n) is 7.16. The quantitative estimate of drug-likeness (QED) is 0.801. The zero-order valence-corrected chi connectivity index (χ0v) is 14.1. The number of hydrogen-bond donors (Lipinski definition) is 2. The van der Waals surface area contributed by atoms with E-state index in [0.29, 0.717) is 45.6 Å². The smallest absolute Gasteiger partial charge is 0.254 e. The van der Waals surface area contributed by atoms with Gasteiger partial charge in [0, 0.05) is 26.1 Å². The lowest BCUT2D eigenvalue weighted by atomic mass is 9.75. The summed E-state index contributed by atoms with van der Waals surface area (Å²) in [4.78, 5) is 14.3. The lowest BCUT2D eigenvalue weighted by Crippen LogP contribution is -2.65. The number of piperidine rings is 1. The maximum Gasteiger partial charge on any atom is 0.254 e. The van der Waals surface area contributed by atoms with Crippen LogP contribution in [0.25, 0.3) is 0 Å². The van der Waals surface area contributed by atoms with E-state index in [1.54, 1.807) is 25.7 Å². The minimum Gasteiger partial charge on any atom is -0.387 e. The van der Waals surface area contributed by atoms with Gasteiger partial charge in [0.05, 0.1) is 12.2 Å². The van der Waals surface area contributed by atoms with E-state index in [9.17, 15) is 15.0 Å². The van der Waals surface area contributed by atoms with Crippen molar-refractivity contribution in [2.24, 2.45) is 0 Å². The third-order valence-corrected chi connectivity index (χ3v) is 5.00. The van der Waals surface area contributed by atoms with Crippen LogP contribution in [0.15, 0.2) is 0 Å². The number of rotatable bonds is 3. The van der Waals surface area contributed by atoms with Gasteiger partial charge in [-0.3, -0.25) is 4.79 Å². The van der Waals surface area contributed by atoms with Crippen LogP contribution in [0.2, 0.25) is 0 Å². The van der Waals surface area contributed by atoms with Gasteiger partial charge in [0.25, 0.3) is 5.91 Å². The summed E-state index contributed by atoms with van der Waals surface area (Å²) in [6, 6.07) is 0. The van der Waals surface area contributed by atoms with Gasteiger partial charge in [-0.25, -0.2) is 0 Å². The van der Waals surface area contributed by atoms with Gasteiger partial charge in [-0.15, -0.1) is 0 Å². The van der Waals surface area contributed by atoms with Crippen molar-refractivity contribution < 1.29 is 24.5 Å². The van der Waals surface area contributed by atoms with E-state index in [2.05, 4.69) is 0 Å². The maximum absolute atomic E-state index is 12.5. The number of carbonyl (C=O) groups is 1. The zero-order valence-electron chi connectivity index (χ0n) is 14.1. The molecule has 1 amide bonds. The van der Waals surface area contributed by atoms with Crippen molar-refractivity contribution in [3.05, 3.63) is 0 Å². The minimum atomic E-state index is -1.13. The summed E-state index contributed by atoms with van der Waals surface area (Å²) in [5.74, 6) is -0.0405. The standard InChI is InChI=1S/C16H29NO5/c1-5-21-14(2,3)13(19)17-9-6-16(7-10-17)12(18)15(4,20)8-11-22-16/h12,18,20H,5-11H2,1-4H3/t12-,15+/m0/s1. The van der Waals surface area contributed by atoms with Crippen LogP contribution >= 0.6 is 0 Å². The largest absolute Gasteiger partial charge is 0.387 e. The van der Waals surface area contributed by atoms with Gasteiger partial charge in [0.1, 0.15) is 17.3 Å². The van der Waals surface area contributed by atoms with Gasteiger partial charge in [0.2, 0.25) is 0 Å². The van der Waals surface area contributed by atoms with Crippen LogP contribution in [-0.4, -0.2) is 70.2 Å². The number of hydrogen-bond acceptors (Lipinski definition) is 5. The fraction of sp³-hybridized carbons (Fsp3) is 0.938. The minimum absolute atomic E-state index is 0.0405. The van der Waals surface area contributed by atoms with E-state index in [4.69, 9.17) is 9.47 Å². The first-order valence-electron chi connectivity index (χ1n) is 8.12. The predicted octanol–water partition coefficient (Wildman–Crippen LogP) is 0.695. The highest BCUT2D eigenvalue weighted by molar-refractivity contribution is 5.84. The highest BCUT2D eigenvalue weighted by Crippen LogP contribution is 2.40. The SMILES string of the molecule is CCOC(C)(C)C(=O)N1CCC2(CC1)OCC[C@@](C)(O)[C@@H]2O. The Balaban J connectivity index is 2.02. The summed E-state index contributed by atoms with van der Waals surface area (Å²) >= 11 is 0. The average molecular weight is 315 g/mol. The molecule has 0 saturated carbocycles. The zero-order chi connectivity index (χ0) is 16.6. The average Bonchev–Trinajstić information content (AvgIpc) is 2.45. The summed E-state index contributed by atoms with van der Waals surface area (Å²) in [7, 11) is 0. The lowest BCUT2D eigenvalue weighted by Gasteiger charge is -2.52. The second kappa shape index (κ2) is 6.07. The van der Waals surface area contributed by atoms with E-state index in [0.717, 1.165) is 0 Å². The van der Waals surface area contributed by atoms with Gasteiger partial charge >= 0.3 is 0 Å². The van der Waals surface area contributed by atoms with Crippen molar-refractivity contribution in [1.29, 1.82) is 0 Å². The Kier molecular flexibility index (Phi) is 4.88. The first-order chi connectivity index (χ1) is 10.1. The summed E-state index contributed by atoms with van der Waals surface area (Å²) in [5, 5.41) is 20.8. The molecular formula is C16H29NO5. The summed E-state index contributed by atoms with van der Waals surface area (Å²) in [6.45, 7) is 9.00. The lowest BCUT2D eigenvalue weighted by molar-refractivity contribution is -0.246. The molecule has 0 aliphatic carbocycles. The fourth-order valence-corrected chi connectivity index (χ4v) is 3.55. The topological polar surface area (TPSA) is 79.2 Å². The highest BCUT2D eigenvalue weighted by atomic mass is 16.5. The van der Waals surface area contributed by atoms with Crippen LogP contribution in [0, 0.1) is 0 Å². The van der Waals surface area contributed by atoms with Gasteiger partial charge in [-0.1, -0.05) is 0 Å². The molecule has 2 aliphatic rings. The molecular weight excluding hydrogens is 286 g/mol. The summed E-state index contributed by atoms with van der Waals surface area (Å²) < 4.78 is 11.4. The maximum atomic E-state index is 12.5. The monoisotopic (exact) mass is 315 g/mol. The molecule has 22 heavy (non-hydrogen) atoms. The molecule has 0 aromatic heterocycles. The molecule has 2 aliphatic heterocycles. The van der Waals surface area contributed by atoms with Gasteiger partial charge < -0.3 is 24.6 Å². The van der Waals surface area contributed by atoms with Gasteiger partial charge in [-0.2, -0.15) is 0 Å². The molecule has 1 spiro atoms. The van der Waals surface area contributed by atoms with E-state index >= 15 is 0 Å². The number of carbonyl (C=O) groups excluding carboxylic acids is 1. The van der Waals surface area contributed by atoms with Crippen molar-refractivity contribution in [3.63, 3.8) is 0 Å². The second-order valence-corrected chi connectivity index (χ2v) is 7.16. The van der Waals surface area contributed by atoms with Crippen molar-refractivity contribution in [1.82, 2.24) is 4.90 Å². The van der Waals surface area contributed by atoms with Crippen molar-refractivity contribution in [2.45, 2.75) is 69.9 Å². The third-order valence-electron chi connectivity index (χ3n) is 5.00. The molecule has 0 unspecified atom stereocenters. The molecule has 2 saturated heterocycles. The molecule has 2 fully saturated rings. The molecule has 0 aromatic carbocycles. The van der Waals surface area contributed by atoms with Crippen LogP contribution < -0.4 is 0 Å². The first kappa shape index (κ1) is 17.7. The van der Waals surface area contributed by atoms with Crippen molar-refractivity contribution in [3.8, 4) is 0 Å². The van der Waals surface area contributed by atoms with Crippen LogP contribution in [0.5, 0.6) is 0 Å². The molecule has 0 radical (unpaired) electrons. The molecule has 0 aromatic rings. The number of ether oxygens (including phenoxy) is 2. The Hall–Kier alpha value is -0.690. The Labute approximate surface area is 132 Å². The molecule has 6 heteroatoms. The Morgan fingerprint density at radius 3 is 2.50 bits per heavy atom. The van der Waals surface area contributed by atoms with Crippen LogP contribution in [0.1, 0.15) is 47.0 Å². The number of aliphatic hydroxyl groups is 2.